The smallest absolute Gasteiger partial charge is 0.182 e. The molecular weight excluding hydrogens is 328 g/mol. The van der Waals surface area contributed by atoms with Crippen LogP contribution in [-0.2, 0) is 18.9 Å². The van der Waals surface area contributed by atoms with Crippen LogP contribution in [0.3, 0.4) is 0 Å². The number of hydrogen-bond donors (Lipinski definition) is 0. The highest BCUT2D eigenvalue weighted by molar-refractivity contribution is 5.20. The van der Waals surface area contributed by atoms with Gasteiger partial charge in [-0.15, -0.1) is 0 Å². The third-order valence-corrected chi connectivity index (χ3v) is 6.60. The summed E-state index contributed by atoms with van der Waals surface area (Å²) in [5.41, 5.74) is 2.71. The van der Waals surface area contributed by atoms with Crippen molar-refractivity contribution in [2.45, 2.75) is 84.1 Å². The second-order valence-corrected chi connectivity index (χ2v) is 8.73. The van der Waals surface area contributed by atoms with Gasteiger partial charge in [-0.05, 0) is 70.3 Å². The first-order chi connectivity index (χ1) is 12.4. The Morgan fingerprint density at radius 2 is 2.12 bits per heavy atom. The predicted octanol–water partition coefficient (Wildman–Crippen LogP) is 4.84. The van der Waals surface area contributed by atoms with Gasteiger partial charge in [-0.25, -0.2) is 0 Å². The van der Waals surface area contributed by atoms with Crippen molar-refractivity contribution in [3.8, 4) is 0 Å². The second kappa shape index (κ2) is 8.14. The van der Waals surface area contributed by atoms with Gasteiger partial charge in [0.2, 0.25) is 0 Å². The summed E-state index contributed by atoms with van der Waals surface area (Å²) < 4.78 is 23.5. The van der Waals surface area contributed by atoms with E-state index >= 15 is 0 Å². The van der Waals surface area contributed by atoms with E-state index < -0.39 is 0 Å². The lowest BCUT2D eigenvalue weighted by Gasteiger charge is -2.32. The molecule has 0 amide bonds. The topological polar surface area (TPSA) is 40.2 Å². The molecule has 1 unspecified atom stereocenters. The van der Waals surface area contributed by atoms with Gasteiger partial charge in [0, 0.05) is 20.1 Å². The maximum absolute atomic E-state index is 6.09. The minimum Gasteiger partial charge on any atom is -0.366 e. The minimum atomic E-state index is -0.291. The third-order valence-electron chi connectivity index (χ3n) is 6.60. The van der Waals surface area contributed by atoms with E-state index in [9.17, 15) is 0 Å². The van der Waals surface area contributed by atoms with Gasteiger partial charge in [0.15, 0.2) is 12.6 Å². The third kappa shape index (κ3) is 4.09. The lowest BCUT2D eigenvalue weighted by Crippen LogP contribution is -2.31. The van der Waals surface area contributed by atoms with Crippen LogP contribution in [0.15, 0.2) is 23.3 Å². The molecule has 4 heteroatoms. The maximum Gasteiger partial charge on any atom is 0.182 e. The quantitative estimate of drug-likeness (QED) is 0.499. The Kier molecular flexibility index (Phi) is 6.28. The molecule has 0 radical (unpaired) electrons. The van der Waals surface area contributed by atoms with Crippen molar-refractivity contribution in [2.24, 2.45) is 17.8 Å². The van der Waals surface area contributed by atoms with E-state index in [0.29, 0.717) is 17.9 Å². The Bertz CT molecular complexity index is 550. The summed E-state index contributed by atoms with van der Waals surface area (Å²) in [6, 6.07) is 0. The van der Waals surface area contributed by atoms with Gasteiger partial charge in [-0.2, -0.15) is 0 Å². The van der Waals surface area contributed by atoms with E-state index in [0.717, 1.165) is 25.7 Å². The molecule has 26 heavy (non-hydrogen) atoms. The van der Waals surface area contributed by atoms with Crippen LogP contribution >= 0.6 is 0 Å². The van der Waals surface area contributed by atoms with Crippen molar-refractivity contribution in [1.82, 2.24) is 0 Å². The molecule has 3 rings (SSSR count). The summed E-state index contributed by atoms with van der Waals surface area (Å²) in [5.74, 6) is 1.37. The average molecular weight is 365 g/mol. The van der Waals surface area contributed by atoms with Gasteiger partial charge >= 0.3 is 0 Å². The number of fused-ring (bicyclic) bond motifs is 2. The van der Waals surface area contributed by atoms with Crippen LogP contribution in [0.25, 0.3) is 0 Å². The molecule has 2 aliphatic heterocycles. The molecule has 148 valence electrons. The fourth-order valence-corrected chi connectivity index (χ4v) is 4.85. The molecule has 0 N–H and O–H groups in total. The Morgan fingerprint density at radius 3 is 2.77 bits per heavy atom. The molecule has 0 bridgehead atoms. The first-order valence-electron chi connectivity index (χ1n) is 10.1. The lowest BCUT2D eigenvalue weighted by atomic mass is 9.74. The molecule has 1 aliphatic carbocycles. The zero-order valence-corrected chi connectivity index (χ0v) is 17.3. The van der Waals surface area contributed by atoms with E-state index in [1.807, 2.05) is 0 Å². The van der Waals surface area contributed by atoms with Gasteiger partial charge in [-0.1, -0.05) is 24.6 Å². The first kappa shape index (κ1) is 20.1. The molecule has 0 aromatic heterocycles. The molecule has 4 nitrogen and oxygen atoms in total. The molecular formula is C22H36O4. The Labute approximate surface area is 158 Å². The SMILES string of the molecule is COC1O[C@@H](OC)[C@H]2/C1=C\C[C@H]1O[C@@]1(C)CC[C@@H]2[C@@H](C)CCC=C(C)C. The molecule has 7 atom stereocenters. The highest BCUT2D eigenvalue weighted by Crippen LogP contribution is 2.50. The van der Waals surface area contributed by atoms with Crippen molar-refractivity contribution >= 4 is 0 Å². The van der Waals surface area contributed by atoms with Gasteiger partial charge in [-0.3, -0.25) is 0 Å². The fourth-order valence-electron chi connectivity index (χ4n) is 4.85. The predicted molar refractivity (Wildman–Crippen MR) is 103 cm³/mol. The van der Waals surface area contributed by atoms with Gasteiger partial charge in [0.1, 0.15) is 0 Å². The van der Waals surface area contributed by atoms with Crippen molar-refractivity contribution in [3.63, 3.8) is 0 Å². The van der Waals surface area contributed by atoms with Crippen LogP contribution in [0, 0.1) is 17.8 Å². The number of ether oxygens (including phenoxy) is 4. The van der Waals surface area contributed by atoms with E-state index in [-0.39, 0.29) is 24.1 Å². The molecule has 3 aliphatic rings. The summed E-state index contributed by atoms with van der Waals surface area (Å²) in [6.07, 6.45) is 10.0. The standard InChI is InChI=1S/C22H36O4/c1-14(2)8-7-9-15(3)16-12-13-22(4)18(26-22)11-10-17-19(16)21(24-6)25-20(17)23-5/h8,10,15-16,18-21H,7,9,11-13H2,1-6H3/b17-10+/t15-,16+,18+,19+,20?,21+,22-/m0/s1. The van der Waals surface area contributed by atoms with Crippen LogP contribution in [0.5, 0.6) is 0 Å². The summed E-state index contributed by atoms with van der Waals surface area (Å²) >= 11 is 0. The van der Waals surface area contributed by atoms with Crippen LogP contribution in [0.2, 0.25) is 0 Å². The molecule has 2 fully saturated rings. The molecule has 0 aromatic carbocycles. The first-order valence-corrected chi connectivity index (χ1v) is 10.1. The molecule has 2 heterocycles. The van der Waals surface area contributed by atoms with E-state index in [4.69, 9.17) is 18.9 Å². The van der Waals surface area contributed by atoms with Gasteiger partial charge in [0.05, 0.1) is 11.7 Å². The van der Waals surface area contributed by atoms with Crippen molar-refractivity contribution in [2.75, 3.05) is 14.2 Å². The average Bonchev–Trinajstić information content (AvgIpc) is 3.09. The van der Waals surface area contributed by atoms with Crippen molar-refractivity contribution < 1.29 is 18.9 Å². The second-order valence-electron chi connectivity index (χ2n) is 8.73. The van der Waals surface area contributed by atoms with Gasteiger partial charge in [0.25, 0.3) is 0 Å². The van der Waals surface area contributed by atoms with Crippen molar-refractivity contribution in [1.29, 1.82) is 0 Å². The van der Waals surface area contributed by atoms with Crippen LogP contribution in [-0.4, -0.2) is 38.5 Å². The Hall–Kier alpha value is -0.680. The summed E-state index contributed by atoms with van der Waals surface area (Å²) in [6.45, 7) is 9.00. The Morgan fingerprint density at radius 1 is 1.35 bits per heavy atom. The summed E-state index contributed by atoms with van der Waals surface area (Å²) in [4.78, 5) is 0. The largest absolute Gasteiger partial charge is 0.366 e. The fraction of sp³-hybridized carbons (Fsp3) is 0.818. The highest BCUT2D eigenvalue weighted by atomic mass is 16.8. The molecule has 0 saturated carbocycles. The van der Waals surface area contributed by atoms with E-state index in [2.05, 4.69) is 39.8 Å². The molecule has 2 saturated heterocycles. The Balaban J connectivity index is 1.84. The number of epoxide rings is 1. The zero-order valence-electron chi connectivity index (χ0n) is 17.3. The zero-order chi connectivity index (χ0) is 18.9. The van der Waals surface area contributed by atoms with Crippen LogP contribution in [0.1, 0.15) is 59.8 Å². The highest BCUT2D eigenvalue weighted by Gasteiger charge is 2.54. The van der Waals surface area contributed by atoms with Crippen LogP contribution in [0.4, 0.5) is 0 Å². The lowest BCUT2D eigenvalue weighted by molar-refractivity contribution is -0.194. The number of rotatable bonds is 6. The number of methoxy groups -OCH3 is 2. The van der Waals surface area contributed by atoms with Crippen molar-refractivity contribution in [3.05, 3.63) is 23.3 Å². The van der Waals surface area contributed by atoms with Crippen LogP contribution < -0.4 is 0 Å². The maximum atomic E-state index is 6.09. The number of allylic oxidation sites excluding steroid dienone is 2. The molecule has 0 aromatic rings. The monoisotopic (exact) mass is 364 g/mol. The molecule has 0 spiro atoms. The normalized spacial score (nSPS) is 42.4. The number of hydrogen-bond acceptors (Lipinski definition) is 4. The summed E-state index contributed by atoms with van der Waals surface area (Å²) in [7, 11) is 3.47. The minimum absolute atomic E-state index is 0.0551. The summed E-state index contributed by atoms with van der Waals surface area (Å²) in [5, 5.41) is 0. The van der Waals surface area contributed by atoms with E-state index in [1.54, 1.807) is 14.2 Å². The van der Waals surface area contributed by atoms with Gasteiger partial charge < -0.3 is 18.9 Å². The van der Waals surface area contributed by atoms with E-state index in [1.165, 1.54) is 17.6 Å².